The van der Waals surface area contributed by atoms with E-state index in [0.717, 1.165) is 5.56 Å². The van der Waals surface area contributed by atoms with E-state index in [1.165, 1.54) is 6.20 Å². The molecule has 96 valence electrons. The molecule has 1 rings (SSSR count). The third-order valence-corrected chi connectivity index (χ3v) is 1.90. The van der Waals surface area contributed by atoms with Gasteiger partial charge in [0.25, 0.3) is 0 Å². The molecule has 0 spiro atoms. The lowest BCUT2D eigenvalue weighted by atomic mass is 10.2. The minimum Gasteiger partial charge on any atom is -0.397 e. The molecule has 0 radical (unpaired) electrons. The molecule has 0 fully saturated rings. The highest BCUT2D eigenvalue weighted by atomic mass is 19.4. The summed E-state index contributed by atoms with van der Waals surface area (Å²) in [5, 5.41) is 2.87. The van der Waals surface area contributed by atoms with Crippen LogP contribution in [0.1, 0.15) is 5.56 Å². The zero-order valence-electron chi connectivity index (χ0n) is 9.34. The minimum atomic E-state index is -4.28. The Morgan fingerprint density at radius 3 is 2.76 bits per heavy atom. The fourth-order valence-corrected chi connectivity index (χ4v) is 1.21. The van der Waals surface area contributed by atoms with Crippen LogP contribution in [0.15, 0.2) is 12.3 Å². The van der Waals surface area contributed by atoms with E-state index in [1.807, 2.05) is 6.92 Å². The Bertz CT molecular complexity index is 368. The number of alkyl halides is 3. The first-order valence-corrected chi connectivity index (χ1v) is 4.99. The van der Waals surface area contributed by atoms with Crippen LogP contribution in [0.5, 0.6) is 0 Å². The molecule has 4 nitrogen and oxygen atoms in total. The third-order valence-electron chi connectivity index (χ3n) is 1.90. The summed E-state index contributed by atoms with van der Waals surface area (Å²) in [6.45, 7) is 0.796. The number of rotatable bonds is 5. The summed E-state index contributed by atoms with van der Waals surface area (Å²) in [5.74, 6) is 0.592. The van der Waals surface area contributed by atoms with E-state index in [1.54, 1.807) is 6.07 Å². The second kappa shape index (κ2) is 5.72. The zero-order chi connectivity index (χ0) is 12.9. The van der Waals surface area contributed by atoms with Gasteiger partial charge < -0.3 is 15.8 Å². The van der Waals surface area contributed by atoms with Gasteiger partial charge in [-0.3, -0.25) is 0 Å². The maximum Gasteiger partial charge on any atom is 0.411 e. The highest BCUT2D eigenvalue weighted by Crippen LogP contribution is 2.15. The summed E-state index contributed by atoms with van der Waals surface area (Å²) in [6.07, 6.45) is -2.80. The van der Waals surface area contributed by atoms with E-state index in [2.05, 4.69) is 15.0 Å². The molecule has 0 aliphatic rings. The summed E-state index contributed by atoms with van der Waals surface area (Å²) in [5.41, 5.74) is 6.89. The van der Waals surface area contributed by atoms with Crippen LogP contribution < -0.4 is 11.1 Å². The molecule has 17 heavy (non-hydrogen) atoms. The van der Waals surface area contributed by atoms with Gasteiger partial charge in [-0.1, -0.05) is 0 Å². The number of aromatic nitrogens is 1. The van der Waals surface area contributed by atoms with Crippen LogP contribution in [-0.2, 0) is 4.74 Å². The molecule has 1 aromatic rings. The van der Waals surface area contributed by atoms with Crippen molar-refractivity contribution >= 4 is 11.5 Å². The predicted octanol–water partition coefficient (Wildman–Crippen LogP) is 1.96. The lowest BCUT2D eigenvalue weighted by Crippen LogP contribution is -2.20. The molecule has 0 saturated heterocycles. The summed E-state index contributed by atoms with van der Waals surface area (Å²) >= 11 is 0. The molecule has 0 aromatic carbocycles. The smallest absolute Gasteiger partial charge is 0.397 e. The molecule has 1 heterocycles. The first-order valence-electron chi connectivity index (χ1n) is 4.99. The number of nitrogens with zero attached hydrogens (tertiary/aromatic N) is 1. The molecular weight excluding hydrogens is 235 g/mol. The van der Waals surface area contributed by atoms with Crippen molar-refractivity contribution in [2.24, 2.45) is 0 Å². The van der Waals surface area contributed by atoms with Gasteiger partial charge in [0.1, 0.15) is 12.4 Å². The number of ether oxygens (including phenoxy) is 1. The fraction of sp³-hybridized carbons (Fsp3) is 0.500. The monoisotopic (exact) mass is 249 g/mol. The van der Waals surface area contributed by atoms with Crippen molar-refractivity contribution in [1.29, 1.82) is 0 Å². The summed E-state index contributed by atoms with van der Waals surface area (Å²) < 4.78 is 39.7. The first-order chi connectivity index (χ1) is 7.88. The van der Waals surface area contributed by atoms with E-state index in [4.69, 9.17) is 5.73 Å². The second-order valence-electron chi connectivity index (χ2n) is 3.53. The Morgan fingerprint density at radius 1 is 1.47 bits per heavy atom. The minimum absolute atomic E-state index is 0.0367. The van der Waals surface area contributed by atoms with Gasteiger partial charge in [-0.2, -0.15) is 13.2 Å². The van der Waals surface area contributed by atoms with Crippen LogP contribution >= 0.6 is 0 Å². The van der Waals surface area contributed by atoms with E-state index in [-0.39, 0.29) is 13.2 Å². The molecule has 0 aliphatic heterocycles. The normalized spacial score (nSPS) is 11.5. The molecule has 0 atom stereocenters. The van der Waals surface area contributed by atoms with Gasteiger partial charge in [0.2, 0.25) is 0 Å². The van der Waals surface area contributed by atoms with Gasteiger partial charge in [0.15, 0.2) is 0 Å². The Morgan fingerprint density at radius 2 is 2.18 bits per heavy atom. The topological polar surface area (TPSA) is 60.2 Å². The number of halogens is 3. The average molecular weight is 249 g/mol. The van der Waals surface area contributed by atoms with E-state index in [0.29, 0.717) is 11.5 Å². The van der Waals surface area contributed by atoms with Crippen molar-refractivity contribution in [2.75, 3.05) is 30.8 Å². The SMILES string of the molecule is Cc1cc(N)cnc1NCCOCC(F)(F)F. The van der Waals surface area contributed by atoms with Crippen LogP contribution in [0.2, 0.25) is 0 Å². The largest absolute Gasteiger partial charge is 0.411 e. The second-order valence-corrected chi connectivity index (χ2v) is 3.53. The Hall–Kier alpha value is -1.50. The molecule has 0 saturated carbocycles. The van der Waals surface area contributed by atoms with Crippen molar-refractivity contribution in [3.05, 3.63) is 17.8 Å². The third kappa shape index (κ3) is 5.39. The van der Waals surface area contributed by atoms with Crippen molar-refractivity contribution in [1.82, 2.24) is 4.98 Å². The van der Waals surface area contributed by atoms with Crippen molar-refractivity contribution in [3.8, 4) is 0 Å². The lowest BCUT2D eigenvalue weighted by molar-refractivity contribution is -0.172. The lowest BCUT2D eigenvalue weighted by Gasteiger charge is -2.10. The van der Waals surface area contributed by atoms with Crippen LogP contribution in [0.3, 0.4) is 0 Å². The van der Waals surface area contributed by atoms with Crippen molar-refractivity contribution in [3.63, 3.8) is 0 Å². The molecule has 0 bridgehead atoms. The fourth-order valence-electron chi connectivity index (χ4n) is 1.21. The predicted molar refractivity (Wildman–Crippen MR) is 58.8 cm³/mol. The number of aryl methyl sites for hydroxylation is 1. The summed E-state index contributed by atoms with van der Waals surface area (Å²) in [4.78, 5) is 4.01. The van der Waals surface area contributed by atoms with E-state index < -0.39 is 12.8 Å². The van der Waals surface area contributed by atoms with Crippen LogP contribution in [-0.4, -0.2) is 30.9 Å². The van der Waals surface area contributed by atoms with Gasteiger partial charge in [-0.05, 0) is 18.6 Å². The number of nitrogens with one attached hydrogen (secondary N) is 1. The Kier molecular flexibility index (Phi) is 4.56. The molecule has 0 aliphatic carbocycles. The molecule has 0 amide bonds. The standard InChI is InChI=1S/C10H14F3N3O/c1-7-4-8(14)5-16-9(7)15-2-3-17-6-10(11,12)13/h4-5H,2-3,6,14H2,1H3,(H,15,16). The number of anilines is 2. The van der Waals surface area contributed by atoms with Gasteiger partial charge in [0.05, 0.1) is 18.5 Å². The molecule has 0 unspecified atom stereocenters. The molecule has 3 N–H and O–H groups in total. The number of hydrogen-bond donors (Lipinski definition) is 2. The maximum absolute atomic E-state index is 11.7. The summed E-state index contributed by atoms with van der Waals surface area (Å²) in [7, 11) is 0. The van der Waals surface area contributed by atoms with Gasteiger partial charge in [0, 0.05) is 6.54 Å². The molecular formula is C10H14F3N3O. The highest BCUT2D eigenvalue weighted by Gasteiger charge is 2.27. The zero-order valence-corrected chi connectivity index (χ0v) is 9.34. The number of hydrogen-bond acceptors (Lipinski definition) is 4. The molecule has 7 heteroatoms. The van der Waals surface area contributed by atoms with Gasteiger partial charge in [-0.25, -0.2) is 4.98 Å². The van der Waals surface area contributed by atoms with E-state index >= 15 is 0 Å². The number of nitrogens with two attached hydrogens (primary N) is 1. The first kappa shape index (κ1) is 13.6. The van der Waals surface area contributed by atoms with Crippen molar-refractivity contribution < 1.29 is 17.9 Å². The summed E-state index contributed by atoms with van der Waals surface area (Å²) in [6, 6.07) is 1.73. The van der Waals surface area contributed by atoms with Crippen LogP contribution in [0.4, 0.5) is 24.7 Å². The van der Waals surface area contributed by atoms with Crippen molar-refractivity contribution in [2.45, 2.75) is 13.1 Å². The maximum atomic E-state index is 11.7. The van der Waals surface area contributed by atoms with E-state index in [9.17, 15) is 13.2 Å². The Balaban J connectivity index is 2.27. The molecule has 1 aromatic heterocycles. The quantitative estimate of drug-likeness (QED) is 0.783. The average Bonchev–Trinajstić information content (AvgIpc) is 2.18. The van der Waals surface area contributed by atoms with Crippen LogP contribution in [0, 0.1) is 6.92 Å². The van der Waals surface area contributed by atoms with Gasteiger partial charge >= 0.3 is 6.18 Å². The number of nitrogen functional groups attached to an aromatic ring is 1. The van der Waals surface area contributed by atoms with Crippen LogP contribution in [0.25, 0.3) is 0 Å². The highest BCUT2D eigenvalue weighted by molar-refractivity contribution is 5.50. The number of pyridine rings is 1. The van der Waals surface area contributed by atoms with Gasteiger partial charge in [-0.15, -0.1) is 0 Å². The Labute approximate surface area is 97.0 Å².